The van der Waals surface area contributed by atoms with Crippen molar-refractivity contribution in [1.29, 1.82) is 0 Å². The van der Waals surface area contributed by atoms with Gasteiger partial charge >= 0.3 is 6.61 Å². The third-order valence-electron chi connectivity index (χ3n) is 5.63. The molecule has 9 heteroatoms. The summed E-state index contributed by atoms with van der Waals surface area (Å²) in [6.45, 7) is 2.82. The third kappa shape index (κ3) is 6.13. The monoisotopic (exact) mass is 456 g/mol. The number of nitrogens with zero attached hydrogens (tertiary/aromatic N) is 4. The molecule has 2 aromatic carbocycles. The molecule has 1 aliphatic heterocycles. The number of rotatable bonds is 8. The number of carbonyl (C=O) groups is 1. The molecule has 0 unspecified atom stereocenters. The Morgan fingerprint density at radius 2 is 1.76 bits per heavy atom. The lowest BCUT2D eigenvalue weighted by molar-refractivity contribution is -0.0498. The Hall–Kier alpha value is -3.33. The van der Waals surface area contributed by atoms with Crippen molar-refractivity contribution in [3.05, 3.63) is 65.5 Å². The largest absolute Gasteiger partial charge is 0.435 e. The first kappa shape index (κ1) is 22.8. The molecule has 0 radical (unpaired) electrons. The van der Waals surface area contributed by atoms with Crippen molar-refractivity contribution in [1.82, 2.24) is 19.9 Å². The second kappa shape index (κ2) is 10.5. The fourth-order valence-corrected chi connectivity index (χ4v) is 3.77. The molecule has 1 amide bonds. The number of piperazine rings is 1. The van der Waals surface area contributed by atoms with E-state index in [0.717, 1.165) is 31.6 Å². The maximum Gasteiger partial charge on any atom is 0.387 e. The molecular formula is C24H26F2N4O3. The quantitative estimate of drug-likeness (QED) is 0.510. The maximum atomic E-state index is 12.7. The van der Waals surface area contributed by atoms with Crippen LogP contribution in [-0.2, 0) is 6.42 Å². The standard InChI is InChI=1S/C24H26F2N4O3/c1-17-4-6-18(7-5-17)22-27-21(33-28-22)3-2-12-29-13-15-30(16-14-29)23(31)19-8-10-20(11-9-19)32-24(25)26/h4-11,24H,2-3,12-16H2,1H3. The molecule has 3 aromatic rings. The number of aryl methyl sites for hydroxylation is 2. The van der Waals surface area contributed by atoms with Crippen LogP contribution in [0.3, 0.4) is 0 Å². The first-order chi connectivity index (χ1) is 16.0. The topological polar surface area (TPSA) is 71.7 Å². The van der Waals surface area contributed by atoms with Crippen LogP contribution in [0.25, 0.3) is 11.4 Å². The van der Waals surface area contributed by atoms with Gasteiger partial charge in [0.15, 0.2) is 0 Å². The molecule has 2 heterocycles. The average Bonchev–Trinajstić information content (AvgIpc) is 3.29. The summed E-state index contributed by atoms with van der Waals surface area (Å²) in [6, 6.07) is 13.8. The van der Waals surface area contributed by atoms with Crippen LogP contribution in [0.5, 0.6) is 5.75 Å². The molecule has 33 heavy (non-hydrogen) atoms. The van der Waals surface area contributed by atoms with Crippen molar-refractivity contribution < 1.29 is 22.8 Å². The number of aromatic nitrogens is 2. The summed E-state index contributed by atoms with van der Waals surface area (Å²) < 4.78 is 34.2. The molecule has 1 fully saturated rings. The van der Waals surface area contributed by atoms with Crippen LogP contribution in [0, 0.1) is 6.92 Å². The van der Waals surface area contributed by atoms with Crippen LogP contribution in [0.4, 0.5) is 8.78 Å². The van der Waals surface area contributed by atoms with Crippen molar-refractivity contribution in [2.75, 3.05) is 32.7 Å². The van der Waals surface area contributed by atoms with Gasteiger partial charge in [0, 0.05) is 43.7 Å². The van der Waals surface area contributed by atoms with E-state index in [4.69, 9.17) is 4.52 Å². The van der Waals surface area contributed by atoms with E-state index in [1.165, 1.54) is 29.8 Å². The van der Waals surface area contributed by atoms with Crippen LogP contribution in [0.2, 0.25) is 0 Å². The molecule has 0 atom stereocenters. The average molecular weight is 456 g/mol. The molecule has 1 aromatic heterocycles. The highest BCUT2D eigenvalue weighted by molar-refractivity contribution is 5.94. The lowest BCUT2D eigenvalue weighted by atomic mass is 10.1. The Morgan fingerprint density at radius 3 is 2.42 bits per heavy atom. The van der Waals surface area contributed by atoms with Crippen molar-refractivity contribution >= 4 is 5.91 Å². The number of benzene rings is 2. The molecule has 0 N–H and O–H groups in total. The van der Waals surface area contributed by atoms with Crippen LogP contribution in [0.1, 0.15) is 28.2 Å². The van der Waals surface area contributed by atoms with Gasteiger partial charge < -0.3 is 14.2 Å². The van der Waals surface area contributed by atoms with Gasteiger partial charge in [-0.2, -0.15) is 13.8 Å². The lowest BCUT2D eigenvalue weighted by Crippen LogP contribution is -2.48. The highest BCUT2D eigenvalue weighted by Gasteiger charge is 2.22. The van der Waals surface area contributed by atoms with Gasteiger partial charge in [-0.15, -0.1) is 0 Å². The number of alkyl halides is 2. The van der Waals surface area contributed by atoms with Gasteiger partial charge in [-0.1, -0.05) is 35.0 Å². The summed E-state index contributed by atoms with van der Waals surface area (Å²) in [5.74, 6) is 1.16. The van der Waals surface area contributed by atoms with Crippen molar-refractivity contribution in [3.63, 3.8) is 0 Å². The Kier molecular flexibility index (Phi) is 7.29. The molecule has 0 saturated carbocycles. The van der Waals surface area contributed by atoms with E-state index in [1.54, 1.807) is 4.90 Å². The van der Waals surface area contributed by atoms with Crippen LogP contribution in [0.15, 0.2) is 53.1 Å². The van der Waals surface area contributed by atoms with E-state index in [2.05, 4.69) is 19.8 Å². The zero-order valence-electron chi connectivity index (χ0n) is 18.4. The minimum Gasteiger partial charge on any atom is -0.435 e. The van der Waals surface area contributed by atoms with E-state index in [1.807, 2.05) is 31.2 Å². The smallest absolute Gasteiger partial charge is 0.387 e. The fourth-order valence-electron chi connectivity index (χ4n) is 3.77. The predicted octanol–water partition coefficient (Wildman–Crippen LogP) is 4.04. The molecule has 0 aliphatic carbocycles. The molecule has 1 saturated heterocycles. The predicted molar refractivity (Wildman–Crippen MR) is 118 cm³/mol. The number of hydrogen-bond acceptors (Lipinski definition) is 6. The Morgan fingerprint density at radius 1 is 1.06 bits per heavy atom. The SMILES string of the molecule is Cc1ccc(-c2noc(CCCN3CCN(C(=O)c4ccc(OC(F)F)cc4)CC3)n2)cc1. The van der Waals surface area contributed by atoms with E-state index in [9.17, 15) is 13.6 Å². The normalized spacial score (nSPS) is 14.6. The second-order valence-corrected chi connectivity index (χ2v) is 8.02. The summed E-state index contributed by atoms with van der Waals surface area (Å²) in [7, 11) is 0. The van der Waals surface area contributed by atoms with E-state index < -0.39 is 6.61 Å². The molecule has 0 bridgehead atoms. The van der Waals surface area contributed by atoms with Crippen LogP contribution in [-0.4, -0.2) is 65.2 Å². The van der Waals surface area contributed by atoms with Gasteiger partial charge in [-0.3, -0.25) is 9.69 Å². The zero-order chi connectivity index (χ0) is 23.2. The van der Waals surface area contributed by atoms with Crippen LogP contribution < -0.4 is 4.74 Å². The summed E-state index contributed by atoms with van der Waals surface area (Å²) >= 11 is 0. The van der Waals surface area contributed by atoms with Gasteiger partial charge in [-0.05, 0) is 44.2 Å². The van der Waals surface area contributed by atoms with Crippen molar-refractivity contribution in [2.45, 2.75) is 26.4 Å². The zero-order valence-corrected chi connectivity index (χ0v) is 18.4. The summed E-state index contributed by atoms with van der Waals surface area (Å²) in [4.78, 5) is 21.2. The minimum atomic E-state index is -2.88. The van der Waals surface area contributed by atoms with Gasteiger partial charge in [0.2, 0.25) is 11.7 Å². The molecule has 1 aliphatic rings. The molecular weight excluding hydrogens is 430 g/mol. The molecule has 4 rings (SSSR count). The minimum absolute atomic E-state index is 0.0404. The molecule has 0 spiro atoms. The number of carbonyl (C=O) groups excluding carboxylic acids is 1. The highest BCUT2D eigenvalue weighted by atomic mass is 19.3. The van der Waals surface area contributed by atoms with E-state index in [0.29, 0.717) is 36.8 Å². The van der Waals surface area contributed by atoms with Crippen molar-refractivity contribution in [2.24, 2.45) is 0 Å². The number of hydrogen-bond donors (Lipinski definition) is 0. The number of amides is 1. The van der Waals surface area contributed by atoms with E-state index in [-0.39, 0.29) is 11.7 Å². The second-order valence-electron chi connectivity index (χ2n) is 8.02. The fraction of sp³-hybridized carbons (Fsp3) is 0.375. The highest BCUT2D eigenvalue weighted by Crippen LogP contribution is 2.18. The van der Waals surface area contributed by atoms with Gasteiger partial charge in [0.25, 0.3) is 5.91 Å². The molecule has 174 valence electrons. The third-order valence-corrected chi connectivity index (χ3v) is 5.63. The first-order valence-electron chi connectivity index (χ1n) is 10.9. The Bertz CT molecular complexity index is 1050. The summed E-state index contributed by atoms with van der Waals surface area (Å²) in [5.41, 5.74) is 2.58. The Labute approximate surface area is 190 Å². The number of ether oxygens (including phenoxy) is 1. The van der Waals surface area contributed by atoms with Gasteiger partial charge in [-0.25, -0.2) is 0 Å². The number of halogens is 2. The Balaban J connectivity index is 1.20. The van der Waals surface area contributed by atoms with E-state index >= 15 is 0 Å². The summed E-state index contributed by atoms with van der Waals surface area (Å²) in [5, 5.41) is 4.07. The first-order valence-corrected chi connectivity index (χ1v) is 10.9. The van der Waals surface area contributed by atoms with Gasteiger partial charge in [0.1, 0.15) is 5.75 Å². The van der Waals surface area contributed by atoms with Gasteiger partial charge in [0.05, 0.1) is 0 Å². The summed E-state index contributed by atoms with van der Waals surface area (Å²) in [6.07, 6.45) is 1.58. The lowest BCUT2D eigenvalue weighted by Gasteiger charge is -2.34. The molecule has 7 nitrogen and oxygen atoms in total. The van der Waals surface area contributed by atoms with Crippen molar-refractivity contribution in [3.8, 4) is 17.1 Å². The maximum absolute atomic E-state index is 12.7. The van der Waals surface area contributed by atoms with Crippen LogP contribution >= 0.6 is 0 Å².